The van der Waals surface area contributed by atoms with Gasteiger partial charge < -0.3 is 25.2 Å². The number of hydrogen-bond acceptors (Lipinski definition) is 7. The quantitative estimate of drug-likeness (QED) is 0.656. The van der Waals surface area contributed by atoms with E-state index >= 15 is 0 Å². The number of para-hydroxylation sites is 1. The van der Waals surface area contributed by atoms with Crippen LogP contribution in [0.4, 0.5) is 23.1 Å². The van der Waals surface area contributed by atoms with E-state index in [0.29, 0.717) is 12.0 Å². The second kappa shape index (κ2) is 8.81. The molecule has 0 bridgehead atoms. The number of anilines is 4. The van der Waals surface area contributed by atoms with Crippen molar-refractivity contribution >= 4 is 23.1 Å². The Morgan fingerprint density at radius 1 is 1.10 bits per heavy atom. The molecule has 1 unspecified atom stereocenters. The zero-order valence-corrected chi connectivity index (χ0v) is 17.8. The number of nitrogens with one attached hydrogen (secondary N) is 2. The van der Waals surface area contributed by atoms with Gasteiger partial charge in [-0.15, -0.1) is 0 Å². The van der Waals surface area contributed by atoms with Crippen LogP contribution in [0, 0.1) is 0 Å². The number of benzene rings is 2. The fourth-order valence-electron chi connectivity index (χ4n) is 4.33. The van der Waals surface area contributed by atoms with Crippen LogP contribution in [0.2, 0.25) is 0 Å². The molecule has 2 aliphatic rings. The van der Waals surface area contributed by atoms with Crippen LogP contribution in [0.3, 0.4) is 0 Å². The molecule has 1 fully saturated rings. The molecule has 7 heteroatoms. The van der Waals surface area contributed by atoms with Gasteiger partial charge in [0.1, 0.15) is 11.6 Å². The average molecular weight is 417 g/mol. The number of fused-ring (bicyclic) bond motifs is 1. The van der Waals surface area contributed by atoms with Gasteiger partial charge in [-0.1, -0.05) is 18.2 Å². The highest BCUT2D eigenvalue weighted by Crippen LogP contribution is 2.33. The predicted octanol–water partition coefficient (Wildman–Crippen LogP) is 3.76. The number of piperidine rings is 1. The third kappa shape index (κ3) is 4.27. The lowest BCUT2D eigenvalue weighted by Crippen LogP contribution is -2.53. The number of methoxy groups -OCH3 is 1. The Labute approximate surface area is 183 Å². The number of rotatable bonds is 5. The highest BCUT2D eigenvalue weighted by molar-refractivity contribution is 5.61. The van der Waals surface area contributed by atoms with Crippen LogP contribution in [0.1, 0.15) is 18.4 Å². The van der Waals surface area contributed by atoms with Crippen LogP contribution in [0.15, 0.2) is 60.8 Å². The van der Waals surface area contributed by atoms with E-state index in [1.807, 2.05) is 48.7 Å². The van der Waals surface area contributed by atoms with Gasteiger partial charge in [-0.3, -0.25) is 0 Å². The zero-order valence-electron chi connectivity index (χ0n) is 17.8. The van der Waals surface area contributed by atoms with E-state index in [-0.39, 0.29) is 0 Å². The first-order valence-electron chi connectivity index (χ1n) is 10.8. The molecule has 3 heterocycles. The van der Waals surface area contributed by atoms with Crippen molar-refractivity contribution in [1.82, 2.24) is 15.3 Å². The molecule has 3 aromatic rings. The Morgan fingerprint density at radius 3 is 2.68 bits per heavy atom. The van der Waals surface area contributed by atoms with E-state index in [2.05, 4.69) is 37.6 Å². The summed E-state index contributed by atoms with van der Waals surface area (Å²) in [6.07, 6.45) is 4.31. The van der Waals surface area contributed by atoms with Gasteiger partial charge in [0, 0.05) is 42.3 Å². The minimum atomic E-state index is 0.410. The average Bonchev–Trinajstić information content (AvgIpc) is 2.84. The molecule has 0 saturated carbocycles. The third-order valence-electron chi connectivity index (χ3n) is 5.98. The molecule has 5 rings (SSSR count). The summed E-state index contributed by atoms with van der Waals surface area (Å²) in [7, 11) is 1.70. The molecule has 1 saturated heterocycles. The molecule has 2 aromatic carbocycles. The van der Waals surface area contributed by atoms with Gasteiger partial charge in [0.25, 0.3) is 0 Å². The second-order valence-corrected chi connectivity index (χ2v) is 8.04. The lowest BCUT2D eigenvalue weighted by Gasteiger charge is -2.44. The molecule has 1 aromatic heterocycles. The summed E-state index contributed by atoms with van der Waals surface area (Å²) < 4.78 is 5.33. The lowest BCUT2D eigenvalue weighted by atomic mass is 10.0. The van der Waals surface area contributed by atoms with Crippen LogP contribution in [0.5, 0.6) is 5.75 Å². The smallest absolute Gasteiger partial charge is 0.229 e. The van der Waals surface area contributed by atoms with Crippen molar-refractivity contribution in [1.29, 1.82) is 0 Å². The molecular weight excluding hydrogens is 388 g/mol. The Hall–Kier alpha value is -3.32. The van der Waals surface area contributed by atoms with Crippen molar-refractivity contribution in [3.63, 3.8) is 0 Å². The topological polar surface area (TPSA) is 65.5 Å². The van der Waals surface area contributed by atoms with E-state index < -0.39 is 0 Å². The monoisotopic (exact) mass is 416 g/mol. The third-order valence-corrected chi connectivity index (χ3v) is 5.98. The minimum absolute atomic E-state index is 0.410. The van der Waals surface area contributed by atoms with Crippen LogP contribution >= 0.6 is 0 Å². The maximum atomic E-state index is 5.33. The summed E-state index contributed by atoms with van der Waals surface area (Å²) >= 11 is 0. The van der Waals surface area contributed by atoms with Crippen molar-refractivity contribution in [2.75, 3.05) is 42.0 Å². The van der Waals surface area contributed by atoms with E-state index in [1.165, 1.54) is 12.1 Å². The van der Waals surface area contributed by atoms with Crippen molar-refractivity contribution in [2.24, 2.45) is 0 Å². The SMILES string of the molecule is COc1ccc(N2Cc3cnc(Nc4ccccc4)nc3N(C3CCCNC3)C2)cc1. The molecule has 31 heavy (non-hydrogen) atoms. The molecule has 0 radical (unpaired) electrons. The first-order chi connectivity index (χ1) is 15.3. The summed E-state index contributed by atoms with van der Waals surface area (Å²) in [6, 6.07) is 18.7. The van der Waals surface area contributed by atoms with Gasteiger partial charge in [-0.2, -0.15) is 4.98 Å². The summed E-state index contributed by atoms with van der Waals surface area (Å²) in [5, 5.41) is 6.89. The second-order valence-electron chi connectivity index (χ2n) is 8.04. The Bertz CT molecular complexity index is 1000. The highest BCUT2D eigenvalue weighted by atomic mass is 16.5. The lowest BCUT2D eigenvalue weighted by molar-refractivity contribution is 0.414. The normalized spacial score (nSPS) is 18.4. The van der Waals surface area contributed by atoms with Crippen molar-refractivity contribution in [2.45, 2.75) is 25.4 Å². The maximum absolute atomic E-state index is 5.33. The molecule has 2 N–H and O–H groups in total. The van der Waals surface area contributed by atoms with Crippen molar-refractivity contribution < 1.29 is 4.74 Å². The molecule has 0 spiro atoms. The van der Waals surface area contributed by atoms with E-state index in [1.54, 1.807) is 7.11 Å². The summed E-state index contributed by atoms with van der Waals surface area (Å²) in [6.45, 7) is 3.64. The number of aromatic nitrogens is 2. The molecule has 0 aliphatic carbocycles. The van der Waals surface area contributed by atoms with Crippen LogP contribution in [-0.4, -0.2) is 42.9 Å². The van der Waals surface area contributed by atoms with E-state index in [9.17, 15) is 0 Å². The van der Waals surface area contributed by atoms with E-state index in [0.717, 1.165) is 55.5 Å². The van der Waals surface area contributed by atoms with Gasteiger partial charge in [0.2, 0.25) is 5.95 Å². The fraction of sp³-hybridized carbons (Fsp3) is 0.333. The number of hydrogen-bond donors (Lipinski definition) is 2. The number of nitrogens with zero attached hydrogens (tertiary/aromatic N) is 4. The van der Waals surface area contributed by atoms with Gasteiger partial charge in [0.05, 0.1) is 13.8 Å². The van der Waals surface area contributed by atoms with Crippen molar-refractivity contribution in [3.05, 3.63) is 66.4 Å². The molecular formula is C24H28N6O. The molecule has 0 amide bonds. The zero-order chi connectivity index (χ0) is 21.0. The molecule has 160 valence electrons. The molecule has 2 aliphatic heterocycles. The largest absolute Gasteiger partial charge is 0.497 e. The standard InChI is InChI=1S/C24H28N6O/c1-31-22-11-9-20(10-12-22)29-16-18-14-26-24(27-19-6-3-2-4-7-19)28-23(18)30(17-29)21-8-5-13-25-15-21/h2-4,6-7,9-12,14,21,25H,5,8,13,15-17H2,1H3,(H,26,27,28). The van der Waals surface area contributed by atoms with Crippen LogP contribution in [0.25, 0.3) is 0 Å². The van der Waals surface area contributed by atoms with Crippen LogP contribution in [-0.2, 0) is 6.54 Å². The predicted molar refractivity (Wildman–Crippen MR) is 124 cm³/mol. The summed E-state index contributed by atoms with van der Waals surface area (Å²) in [5.74, 6) is 2.54. The summed E-state index contributed by atoms with van der Waals surface area (Å²) in [5.41, 5.74) is 3.31. The summed E-state index contributed by atoms with van der Waals surface area (Å²) in [4.78, 5) is 14.4. The Balaban J connectivity index is 1.46. The van der Waals surface area contributed by atoms with Crippen molar-refractivity contribution in [3.8, 4) is 5.75 Å². The first kappa shape index (κ1) is 19.6. The fourth-order valence-corrected chi connectivity index (χ4v) is 4.33. The van der Waals surface area contributed by atoms with Gasteiger partial charge >= 0.3 is 0 Å². The van der Waals surface area contributed by atoms with Gasteiger partial charge in [0.15, 0.2) is 0 Å². The first-order valence-corrected chi connectivity index (χ1v) is 10.8. The maximum Gasteiger partial charge on any atom is 0.229 e. The molecule has 1 atom stereocenters. The van der Waals surface area contributed by atoms with Gasteiger partial charge in [-0.05, 0) is 55.8 Å². The molecule has 7 nitrogen and oxygen atoms in total. The van der Waals surface area contributed by atoms with Crippen LogP contribution < -0.4 is 25.2 Å². The van der Waals surface area contributed by atoms with E-state index in [4.69, 9.17) is 9.72 Å². The minimum Gasteiger partial charge on any atom is -0.497 e. The Morgan fingerprint density at radius 2 is 1.94 bits per heavy atom. The highest BCUT2D eigenvalue weighted by Gasteiger charge is 2.31. The van der Waals surface area contributed by atoms with Gasteiger partial charge in [-0.25, -0.2) is 4.98 Å². The Kier molecular flexibility index (Phi) is 5.58. The number of ether oxygens (including phenoxy) is 1.